The van der Waals surface area contributed by atoms with Crippen molar-refractivity contribution in [1.82, 2.24) is 15.5 Å². The molecule has 1 unspecified atom stereocenters. The second kappa shape index (κ2) is 6.67. The monoisotopic (exact) mass is 349 g/mol. The molecular formula is C14H27N3O3S2. The van der Waals surface area contributed by atoms with Crippen LogP contribution in [0.5, 0.6) is 0 Å². The zero-order valence-electron chi connectivity index (χ0n) is 13.6. The van der Waals surface area contributed by atoms with E-state index < -0.39 is 14.6 Å². The highest BCUT2D eigenvalue weighted by molar-refractivity contribution is 7.99. The maximum absolute atomic E-state index is 12.7. The summed E-state index contributed by atoms with van der Waals surface area (Å²) in [7, 11) is 0.602. The number of hydrogen-bond donors (Lipinski definition) is 2. The highest BCUT2D eigenvalue weighted by atomic mass is 32.2. The first-order valence-electron chi connectivity index (χ1n) is 7.67. The molecule has 2 rings (SSSR count). The number of carbonyl (C=O) groups is 1. The van der Waals surface area contributed by atoms with Gasteiger partial charge < -0.3 is 15.5 Å². The number of carbonyl (C=O) groups excluding carboxylic acids is 1. The highest BCUT2D eigenvalue weighted by Crippen LogP contribution is 2.32. The van der Waals surface area contributed by atoms with Crippen LogP contribution in [0, 0.1) is 0 Å². The van der Waals surface area contributed by atoms with E-state index in [1.807, 2.05) is 25.9 Å². The number of amides is 1. The zero-order chi connectivity index (χ0) is 16.4. The average molecular weight is 350 g/mol. The van der Waals surface area contributed by atoms with Crippen molar-refractivity contribution in [2.45, 2.75) is 29.5 Å². The van der Waals surface area contributed by atoms with E-state index in [-0.39, 0.29) is 11.4 Å². The van der Waals surface area contributed by atoms with Gasteiger partial charge in [-0.2, -0.15) is 11.8 Å². The molecule has 0 aromatic rings. The van der Waals surface area contributed by atoms with Crippen molar-refractivity contribution in [3.05, 3.63) is 0 Å². The fourth-order valence-electron chi connectivity index (χ4n) is 3.25. The lowest BCUT2D eigenvalue weighted by Crippen LogP contribution is -2.61. The molecule has 6 nitrogen and oxygen atoms in total. The normalized spacial score (nSPS) is 28.7. The van der Waals surface area contributed by atoms with Crippen LogP contribution < -0.4 is 10.6 Å². The van der Waals surface area contributed by atoms with E-state index in [2.05, 4.69) is 15.5 Å². The molecular weight excluding hydrogens is 322 g/mol. The van der Waals surface area contributed by atoms with E-state index in [0.717, 1.165) is 17.9 Å². The Morgan fingerprint density at radius 2 is 1.91 bits per heavy atom. The first-order chi connectivity index (χ1) is 10.2. The van der Waals surface area contributed by atoms with Crippen molar-refractivity contribution in [3.63, 3.8) is 0 Å². The van der Waals surface area contributed by atoms with Gasteiger partial charge in [0.25, 0.3) is 0 Å². The lowest BCUT2D eigenvalue weighted by Gasteiger charge is -2.39. The van der Waals surface area contributed by atoms with Crippen LogP contribution in [0.2, 0.25) is 0 Å². The van der Waals surface area contributed by atoms with Crippen LogP contribution >= 0.6 is 11.8 Å². The number of hydrogen-bond acceptors (Lipinski definition) is 6. The minimum Gasteiger partial charge on any atom is -0.353 e. The molecule has 128 valence electrons. The molecule has 2 aliphatic heterocycles. The van der Waals surface area contributed by atoms with Gasteiger partial charge in [0.1, 0.15) is 0 Å². The molecule has 0 aromatic heterocycles. The molecule has 2 aliphatic rings. The van der Waals surface area contributed by atoms with Crippen LogP contribution in [0.1, 0.15) is 19.3 Å². The van der Waals surface area contributed by atoms with E-state index in [0.29, 0.717) is 32.5 Å². The van der Waals surface area contributed by atoms with Gasteiger partial charge in [-0.25, -0.2) is 8.42 Å². The molecule has 2 saturated heterocycles. The first-order valence-corrected chi connectivity index (χ1v) is 10.7. The molecule has 2 N–H and O–H groups in total. The van der Waals surface area contributed by atoms with Gasteiger partial charge in [0.15, 0.2) is 14.6 Å². The van der Waals surface area contributed by atoms with Crippen LogP contribution in [0.15, 0.2) is 0 Å². The molecule has 2 heterocycles. The fourth-order valence-corrected chi connectivity index (χ4v) is 6.16. The van der Waals surface area contributed by atoms with Crippen LogP contribution in [-0.2, 0) is 14.6 Å². The van der Waals surface area contributed by atoms with Gasteiger partial charge in [-0.1, -0.05) is 0 Å². The number of likely N-dealkylation sites (N-methyl/N-ethyl adjacent to an activating group) is 1. The maximum Gasteiger partial charge on any atom is 0.241 e. The number of sulfone groups is 1. The molecule has 0 bridgehead atoms. The topological polar surface area (TPSA) is 78.5 Å². The average Bonchev–Trinajstić information content (AvgIpc) is 2.94. The molecule has 22 heavy (non-hydrogen) atoms. The van der Waals surface area contributed by atoms with Gasteiger partial charge in [0.2, 0.25) is 5.91 Å². The highest BCUT2D eigenvalue weighted by Gasteiger charge is 2.49. The van der Waals surface area contributed by atoms with Gasteiger partial charge in [0.05, 0.1) is 0 Å². The molecule has 0 aromatic carbocycles. The first kappa shape index (κ1) is 18.0. The number of nitrogens with one attached hydrogen (secondary N) is 2. The Morgan fingerprint density at radius 1 is 1.27 bits per heavy atom. The molecule has 0 saturated carbocycles. The van der Waals surface area contributed by atoms with E-state index in [1.54, 1.807) is 0 Å². The van der Waals surface area contributed by atoms with E-state index in [9.17, 15) is 13.2 Å². The Labute approximate surface area is 137 Å². The fraction of sp³-hybridized carbons (Fsp3) is 0.929. The van der Waals surface area contributed by atoms with Crippen molar-refractivity contribution in [1.29, 1.82) is 0 Å². The predicted molar refractivity (Wildman–Crippen MR) is 91.0 cm³/mol. The molecule has 8 heteroatoms. The minimum atomic E-state index is -3.44. The van der Waals surface area contributed by atoms with Crippen molar-refractivity contribution in [3.8, 4) is 0 Å². The third-order valence-corrected chi connectivity index (χ3v) is 8.39. The summed E-state index contributed by atoms with van der Waals surface area (Å²) in [6.45, 7) is 1.64. The third-order valence-electron chi connectivity index (χ3n) is 5.14. The summed E-state index contributed by atoms with van der Waals surface area (Å²) in [6.07, 6.45) is 2.90. The van der Waals surface area contributed by atoms with Crippen LogP contribution in [0.4, 0.5) is 0 Å². The van der Waals surface area contributed by atoms with Gasteiger partial charge in [0, 0.05) is 24.1 Å². The summed E-state index contributed by atoms with van der Waals surface area (Å²) >= 11 is 1.88. The summed E-state index contributed by atoms with van der Waals surface area (Å²) in [5.74, 6) is 1.72. The quantitative estimate of drug-likeness (QED) is 0.710. The zero-order valence-corrected chi connectivity index (χ0v) is 15.3. The van der Waals surface area contributed by atoms with E-state index in [1.165, 1.54) is 6.26 Å². The number of nitrogens with zero attached hydrogens (tertiary/aromatic N) is 1. The van der Waals surface area contributed by atoms with Crippen LogP contribution in [0.3, 0.4) is 0 Å². The number of piperidine rings is 1. The van der Waals surface area contributed by atoms with Gasteiger partial charge in [-0.05, 0) is 52.2 Å². The summed E-state index contributed by atoms with van der Waals surface area (Å²) in [4.78, 5) is 14.9. The van der Waals surface area contributed by atoms with Crippen molar-refractivity contribution in [2.24, 2.45) is 0 Å². The molecule has 0 aliphatic carbocycles. The van der Waals surface area contributed by atoms with E-state index in [4.69, 9.17) is 0 Å². The standard InChI is InChI=1S/C14H27N3O3S2/c1-17(2)13(6-9-21-11-13)10-16-12(18)14(22(3,19)20)4-7-15-8-5-14/h15H,4-11H2,1-3H3,(H,16,18). The smallest absolute Gasteiger partial charge is 0.241 e. The Bertz CT molecular complexity index is 507. The van der Waals surface area contributed by atoms with Crippen LogP contribution in [-0.4, -0.2) is 81.0 Å². The predicted octanol–water partition coefficient (Wildman–Crippen LogP) is -0.293. The Morgan fingerprint density at radius 3 is 2.36 bits per heavy atom. The summed E-state index contributed by atoms with van der Waals surface area (Å²) < 4.78 is 23.2. The molecule has 2 fully saturated rings. The Hall–Kier alpha value is -0.310. The largest absolute Gasteiger partial charge is 0.353 e. The van der Waals surface area contributed by atoms with Crippen molar-refractivity contribution >= 4 is 27.5 Å². The SMILES string of the molecule is CN(C)C1(CNC(=O)C2(S(C)(=O)=O)CCNCC2)CCSC1. The third kappa shape index (κ3) is 3.29. The summed E-state index contributed by atoms with van der Waals surface area (Å²) in [5.41, 5.74) is -0.0636. The maximum atomic E-state index is 12.7. The number of rotatable bonds is 5. The second-order valence-corrected chi connectivity index (χ2v) is 10.1. The minimum absolute atomic E-state index is 0.0636. The lowest BCUT2D eigenvalue weighted by atomic mass is 9.93. The van der Waals surface area contributed by atoms with Gasteiger partial charge in [-0.15, -0.1) is 0 Å². The molecule has 0 radical (unpaired) electrons. The van der Waals surface area contributed by atoms with Gasteiger partial charge >= 0.3 is 0 Å². The van der Waals surface area contributed by atoms with Crippen molar-refractivity contribution < 1.29 is 13.2 Å². The summed E-state index contributed by atoms with van der Waals surface area (Å²) in [6, 6.07) is 0. The molecule has 0 spiro atoms. The molecule has 1 atom stereocenters. The van der Waals surface area contributed by atoms with Crippen LogP contribution in [0.25, 0.3) is 0 Å². The lowest BCUT2D eigenvalue weighted by molar-refractivity contribution is -0.124. The second-order valence-electron chi connectivity index (χ2n) is 6.62. The Balaban J connectivity index is 2.12. The van der Waals surface area contributed by atoms with Gasteiger partial charge in [-0.3, -0.25) is 4.79 Å². The van der Waals surface area contributed by atoms with Crippen molar-refractivity contribution in [2.75, 3.05) is 51.5 Å². The Kier molecular flexibility index (Phi) is 5.46. The number of thioether (sulfide) groups is 1. The summed E-state index contributed by atoms with van der Waals surface area (Å²) in [5, 5.41) is 6.10. The van der Waals surface area contributed by atoms with E-state index >= 15 is 0 Å². The molecule has 1 amide bonds.